The molecule has 0 spiro atoms. The van der Waals surface area contributed by atoms with Crippen LogP contribution >= 0.6 is 0 Å². The van der Waals surface area contributed by atoms with Gasteiger partial charge in [0.15, 0.2) is 5.96 Å². The van der Waals surface area contributed by atoms with Crippen LogP contribution in [0.3, 0.4) is 0 Å². The van der Waals surface area contributed by atoms with Gasteiger partial charge in [-0.1, -0.05) is 5.16 Å². The minimum absolute atomic E-state index is 0.161. The number of aromatic nitrogens is 1. The van der Waals surface area contributed by atoms with E-state index < -0.39 is 0 Å². The van der Waals surface area contributed by atoms with E-state index in [4.69, 9.17) is 9.52 Å². The summed E-state index contributed by atoms with van der Waals surface area (Å²) in [5.41, 5.74) is 0.975. The number of hydrogen-bond donors (Lipinski definition) is 2. The fourth-order valence-corrected chi connectivity index (χ4v) is 3.04. The molecular formula is C18H30N6O2. The Bertz CT molecular complexity index is 577. The maximum absolute atomic E-state index is 11.7. The summed E-state index contributed by atoms with van der Waals surface area (Å²) in [5, 5.41) is 10.4. The Hall–Kier alpha value is -2.09. The zero-order valence-corrected chi connectivity index (χ0v) is 15.6. The van der Waals surface area contributed by atoms with Crippen LogP contribution in [0.25, 0.3) is 0 Å². The van der Waals surface area contributed by atoms with E-state index in [9.17, 15) is 4.79 Å². The largest absolute Gasteiger partial charge is 0.364 e. The minimum atomic E-state index is 0.161. The summed E-state index contributed by atoms with van der Waals surface area (Å²) in [4.78, 5) is 21.1. The molecular weight excluding hydrogens is 332 g/mol. The van der Waals surface area contributed by atoms with E-state index in [1.807, 2.05) is 6.07 Å². The van der Waals surface area contributed by atoms with Gasteiger partial charge in [0.2, 0.25) is 5.91 Å². The highest BCUT2D eigenvalue weighted by atomic mass is 16.5. The van der Waals surface area contributed by atoms with Gasteiger partial charge in [-0.3, -0.25) is 14.7 Å². The minimum Gasteiger partial charge on any atom is -0.364 e. The quantitative estimate of drug-likeness (QED) is 0.404. The van der Waals surface area contributed by atoms with Crippen LogP contribution in [0.15, 0.2) is 21.8 Å². The van der Waals surface area contributed by atoms with Gasteiger partial charge < -0.3 is 20.1 Å². The van der Waals surface area contributed by atoms with E-state index in [-0.39, 0.29) is 5.91 Å². The van der Waals surface area contributed by atoms with Crippen LogP contribution in [0, 0.1) is 0 Å². The first-order valence-electron chi connectivity index (χ1n) is 9.69. The number of carbonyl (C=O) groups is 1. The number of nitrogens with one attached hydrogen (secondary N) is 2. The summed E-state index contributed by atoms with van der Waals surface area (Å²) < 4.78 is 4.90. The molecule has 0 atom stereocenters. The van der Waals surface area contributed by atoms with Crippen LogP contribution < -0.4 is 10.6 Å². The van der Waals surface area contributed by atoms with E-state index >= 15 is 0 Å². The molecule has 0 aromatic carbocycles. The van der Waals surface area contributed by atoms with Crippen molar-refractivity contribution in [1.82, 2.24) is 25.6 Å². The van der Waals surface area contributed by atoms with Crippen LogP contribution in [-0.2, 0) is 11.3 Å². The maximum atomic E-state index is 11.7. The predicted octanol–water partition coefficient (Wildman–Crippen LogP) is 0.817. The van der Waals surface area contributed by atoms with Crippen LogP contribution in [0.4, 0.5) is 0 Å². The zero-order chi connectivity index (χ0) is 18.2. The first kappa shape index (κ1) is 18.7. The first-order chi connectivity index (χ1) is 12.7. The van der Waals surface area contributed by atoms with Crippen LogP contribution in [-0.4, -0.2) is 72.1 Å². The van der Waals surface area contributed by atoms with Crippen molar-refractivity contribution in [3.05, 3.63) is 18.0 Å². The van der Waals surface area contributed by atoms with Crippen molar-refractivity contribution in [2.24, 2.45) is 4.99 Å². The molecule has 2 aliphatic rings. The standard InChI is InChI=1S/C18H30N6O2/c1-2-19-18(20-8-3-4-17(25)21-15-5-6-15)24-11-9-23(10-12-24)14-16-7-13-26-22-16/h7,13,15H,2-6,8-12,14H2,1H3,(H,19,20)(H,21,25). The Morgan fingerprint density at radius 3 is 2.81 bits per heavy atom. The lowest BCUT2D eigenvalue weighted by Crippen LogP contribution is -2.52. The molecule has 1 aromatic rings. The highest BCUT2D eigenvalue weighted by Crippen LogP contribution is 2.18. The summed E-state index contributed by atoms with van der Waals surface area (Å²) in [6, 6.07) is 2.36. The average Bonchev–Trinajstić information content (AvgIpc) is 3.31. The molecule has 26 heavy (non-hydrogen) atoms. The van der Waals surface area contributed by atoms with E-state index in [1.54, 1.807) is 6.26 Å². The number of rotatable bonds is 8. The number of carbonyl (C=O) groups excluding carboxylic acids is 1. The van der Waals surface area contributed by atoms with Gasteiger partial charge >= 0.3 is 0 Å². The number of nitrogens with zero attached hydrogens (tertiary/aromatic N) is 4. The summed E-state index contributed by atoms with van der Waals surface area (Å²) in [6.07, 6.45) is 5.24. The summed E-state index contributed by atoms with van der Waals surface area (Å²) in [7, 11) is 0. The highest BCUT2D eigenvalue weighted by molar-refractivity contribution is 5.80. The van der Waals surface area contributed by atoms with Gasteiger partial charge in [0, 0.05) is 64.3 Å². The van der Waals surface area contributed by atoms with E-state index in [1.165, 1.54) is 0 Å². The zero-order valence-electron chi connectivity index (χ0n) is 15.6. The SMILES string of the molecule is CCNC(=NCCCC(=O)NC1CC1)N1CCN(Cc2ccon2)CC1. The molecule has 2 heterocycles. The number of hydrogen-bond acceptors (Lipinski definition) is 5. The molecule has 3 rings (SSSR count). The molecule has 1 aromatic heterocycles. The number of guanidine groups is 1. The van der Waals surface area contributed by atoms with Gasteiger partial charge in [-0.2, -0.15) is 0 Å². The molecule has 1 saturated carbocycles. The third-order valence-corrected chi connectivity index (χ3v) is 4.65. The van der Waals surface area contributed by atoms with E-state index in [0.29, 0.717) is 19.0 Å². The summed E-state index contributed by atoms with van der Waals surface area (Å²) in [5.74, 6) is 1.12. The Morgan fingerprint density at radius 1 is 1.35 bits per heavy atom. The first-order valence-corrected chi connectivity index (χ1v) is 9.69. The predicted molar refractivity (Wildman–Crippen MR) is 99.7 cm³/mol. The molecule has 0 radical (unpaired) electrons. The summed E-state index contributed by atoms with van der Waals surface area (Å²) >= 11 is 0. The lowest BCUT2D eigenvalue weighted by molar-refractivity contribution is -0.121. The monoisotopic (exact) mass is 362 g/mol. The second-order valence-electron chi connectivity index (χ2n) is 6.93. The van der Waals surface area contributed by atoms with Gasteiger partial charge in [-0.25, -0.2) is 0 Å². The molecule has 0 unspecified atom stereocenters. The molecule has 1 aliphatic carbocycles. The molecule has 2 N–H and O–H groups in total. The van der Waals surface area contributed by atoms with Gasteiger partial charge in [0.25, 0.3) is 0 Å². The molecule has 1 amide bonds. The van der Waals surface area contributed by atoms with Crippen molar-refractivity contribution < 1.29 is 9.32 Å². The third-order valence-electron chi connectivity index (χ3n) is 4.65. The van der Waals surface area contributed by atoms with Crippen molar-refractivity contribution in [3.8, 4) is 0 Å². The third kappa shape index (κ3) is 6.01. The smallest absolute Gasteiger partial charge is 0.220 e. The van der Waals surface area contributed by atoms with Crippen molar-refractivity contribution in [2.45, 2.75) is 45.2 Å². The Labute approximate surface area is 155 Å². The van der Waals surface area contributed by atoms with Crippen LogP contribution in [0.1, 0.15) is 38.3 Å². The van der Waals surface area contributed by atoms with Crippen LogP contribution in [0.5, 0.6) is 0 Å². The van der Waals surface area contributed by atoms with Crippen molar-refractivity contribution >= 4 is 11.9 Å². The van der Waals surface area contributed by atoms with Crippen LogP contribution in [0.2, 0.25) is 0 Å². The fourth-order valence-electron chi connectivity index (χ4n) is 3.04. The maximum Gasteiger partial charge on any atom is 0.220 e. The van der Waals surface area contributed by atoms with Crippen molar-refractivity contribution in [1.29, 1.82) is 0 Å². The second kappa shape index (κ2) is 9.56. The second-order valence-corrected chi connectivity index (χ2v) is 6.93. The Balaban J connectivity index is 1.39. The molecule has 1 aliphatic heterocycles. The Morgan fingerprint density at radius 2 is 2.15 bits per heavy atom. The molecule has 2 fully saturated rings. The molecule has 144 valence electrons. The lowest BCUT2D eigenvalue weighted by atomic mass is 10.3. The lowest BCUT2D eigenvalue weighted by Gasteiger charge is -2.36. The highest BCUT2D eigenvalue weighted by Gasteiger charge is 2.23. The van der Waals surface area contributed by atoms with Crippen molar-refractivity contribution in [3.63, 3.8) is 0 Å². The van der Waals surface area contributed by atoms with Gasteiger partial charge in [0.1, 0.15) is 6.26 Å². The number of aliphatic imine (C=N–C) groups is 1. The number of piperazine rings is 1. The normalized spacial score (nSPS) is 18.8. The van der Waals surface area contributed by atoms with Crippen molar-refractivity contribution in [2.75, 3.05) is 39.3 Å². The van der Waals surface area contributed by atoms with E-state index in [0.717, 1.165) is 70.2 Å². The topological polar surface area (TPSA) is 86.0 Å². The van der Waals surface area contributed by atoms with Gasteiger partial charge in [0.05, 0.1) is 5.69 Å². The van der Waals surface area contributed by atoms with Gasteiger partial charge in [-0.05, 0) is 26.2 Å². The molecule has 8 nitrogen and oxygen atoms in total. The van der Waals surface area contributed by atoms with E-state index in [2.05, 4.69) is 32.5 Å². The fraction of sp³-hybridized carbons (Fsp3) is 0.722. The Kier molecular flexibility index (Phi) is 6.88. The van der Waals surface area contributed by atoms with Gasteiger partial charge in [-0.15, -0.1) is 0 Å². The molecule has 8 heteroatoms. The molecule has 1 saturated heterocycles. The summed E-state index contributed by atoms with van der Waals surface area (Å²) in [6.45, 7) is 8.26. The molecule has 0 bridgehead atoms. The average molecular weight is 362 g/mol. The number of amides is 1.